The number of fused-ring (bicyclic) bond motifs is 1. The van der Waals surface area contributed by atoms with Crippen LogP contribution in [0.4, 0.5) is 0 Å². The van der Waals surface area contributed by atoms with Crippen LogP contribution in [-0.4, -0.2) is 15.0 Å². The first-order valence-electron chi connectivity index (χ1n) is 8.13. The Hall–Kier alpha value is -2.16. The lowest BCUT2D eigenvalue weighted by atomic mass is 9.80. The average molecular weight is 307 g/mol. The van der Waals surface area contributed by atoms with E-state index in [-0.39, 0.29) is 10.8 Å². The highest BCUT2D eigenvalue weighted by Gasteiger charge is 2.21. The van der Waals surface area contributed by atoms with Crippen molar-refractivity contribution in [2.24, 2.45) is 0 Å². The molecular formula is C20H25N3. The van der Waals surface area contributed by atoms with Gasteiger partial charge in [0.2, 0.25) is 0 Å². The van der Waals surface area contributed by atoms with Crippen LogP contribution < -0.4 is 0 Å². The lowest BCUT2D eigenvalue weighted by Crippen LogP contribution is -2.17. The molecule has 2 aromatic carbocycles. The topological polar surface area (TPSA) is 30.7 Å². The van der Waals surface area contributed by atoms with Gasteiger partial charge in [-0.1, -0.05) is 59.7 Å². The van der Waals surface area contributed by atoms with Crippen LogP contribution in [0.1, 0.15) is 52.7 Å². The van der Waals surface area contributed by atoms with E-state index >= 15 is 0 Å². The van der Waals surface area contributed by atoms with Gasteiger partial charge in [0.25, 0.3) is 0 Å². The predicted octanol–water partition coefficient (Wildman–Crippen LogP) is 5.02. The number of benzene rings is 2. The van der Waals surface area contributed by atoms with Gasteiger partial charge in [-0.25, -0.2) is 0 Å². The van der Waals surface area contributed by atoms with Crippen LogP contribution in [0.15, 0.2) is 42.5 Å². The van der Waals surface area contributed by atoms with Crippen LogP contribution in [0.3, 0.4) is 0 Å². The van der Waals surface area contributed by atoms with Crippen molar-refractivity contribution >= 4 is 11.0 Å². The fraction of sp³-hybridized carbons (Fsp3) is 0.400. The Kier molecular flexibility index (Phi) is 3.55. The van der Waals surface area contributed by atoms with Crippen molar-refractivity contribution < 1.29 is 0 Å². The molecule has 0 saturated heterocycles. The van der Waals surface area contributed by atoms with E-state index in [0.29, 0.717) is 0 Å². The van der Waals surface area contributed by atoms with Gasteiger partial charge in [-0.3, -0.25) is 0 Å². The molecule has 0 spiro atoms. The molecule has 3 aromatic rings. The Labute approximate surface area is 138 Å². The summed E-state index contributed by atoms with van der Waals surface area (Å²) in [5, 5.41) is 9.27. The van der Waals surface area contributed by atoms with E-state index in [2.05, 4.69) is 69.9 Å². The minimum Gasteiger partial charge on any atom is -0.150 e. The summed E-state index contributed by atoms with van der Waals surface area (Å²) in [5.41, 5.74) is 5.66. The molecule has 23 heavy (non-hydrogen) atoms. The molecule has 3 nitrogen and oxygen atoms in total. The zero-order chi connectivity index (χ0) is 16.8. The molecule has 0 unspecified atom stereocenters. The van der Waals surface area contributed by atoms with E-state index in [1.807, 2.05) is 24.3 Å². The maximum Gasteiger partial charge on any atom is 0.113 e. The molecule has 120 valence electrons. The van der Waals surface area contributed by atoms with Crippen molar-refractivity contribution in [3.8, 4) is 5.69 Å². The Balaban J connectivity index is 2.21. The molecule has 0 atom stereocenters. The van der Waals surface area contributed by atoms with Gasteiger partial charge < -0.3 is 0 Å². The summed E-state index contributed by atoms with van der Waals surface area (Å²) < 4.78 is 0. The van der Waals surface area contributed by atoms with Gasteiger partial charge >= 0.3 is 0 Å². The summed E-state index contributed by atoms with van der Waals surface area (Å²) in [6.45, 7) is 13.4. The second kappa shape index (κ2) is 5.19. The molecule has 3 heteroatoms. The normalized spacial score (nSPS) is 12.8. The Bertz CT molecular complexity index is 780. The largest absolute Gasteiger partial charge is 0.150 e. The van der Waals surface area contributed by atoms with Gasteiger partial charge in [0.05, 0.1) is 5.69 Å². The first kappa shape index (κ1) is 15.7. The fourth-order valence-electron chi connectivity index (χ4n) is 2.57. The molecule has 1 aromatic heterocycles. The van der Waals surface area contributed by atoms with E-state index in [4.69, 9.17) is 0 Å². The highest BCUT2D eigenvalue weighted by Crippen LogP contribution is 2.31. The second-order valence-electron chi connectivity index (χ2n) is 8.25. The molecule has 0 radical (unpaired) electrons. The third kappa shape index (κ3) is 3.14. The maximum atomic E-state index is 4.63. The summed E-state index contributed by atoms with van der Waals surface area (Å²) in [4.78, 5) is 1.76. The van der Waals surface area contributed by atoms with Gasteiger partial charge in [-0.05, 0) is 46.2 Å². The zero-order valence-corrected chi connectivity index (χ0v) is 14.9. The number of hydrogen-bond donors (Lipinski definition) is 0. The van der Waals surface area contributed by atoms with Crippen LogP contribution in [0.2, 0.25) is 0 Å². The third-order valence-electron chi connectivity index (χ3n) is 4.17. The predicted molar refractivity (Wildman–Crippen MR) is 96.3 cm³/mol. The van der Waals surface area contributed by atoms with Gasteiger partial charge in [-0.2, -0.15) is 4.80 Å². The molecule has 0 saturated carbocycles. The van der Waals surface area contributed by atoms with Crippen molar-refractivity contribution in [2.75, 3.05) is 0 Å². The van der Waals surface area contributed by atoms with Crippen molar-refractivity contribution in [3.63, 3.8) is 0 Å². The molecule has 0 aliphatic rings. The Morgan fingerprint density at radius 1 is 0.696 bits per heavy atom. The first-order chi connectivity index (χ1) is 10.6. The summed E-state index contributed by atoms with van der Waals surface area (Å²) >= 11 is 0. The molecule has 0 aliphatic heterocycles. The van der Waals surface area contributed by atoms with Gasteiger partial charge in [-0.15, -0.1) is 10.2 Å². The molecule has 0 N–H and O–H groups in total. The fourth-order valence-corrected chi connectivity index (χ4v) is 2.57. The molecule has 0 fully saturated rings. The Morgan fingerprint density at radius 2 is 1.13 bits per heavy atom. The maximum absolute atomic E-state index is 4.63. The van der Waals surface area contributed by atoms with E-state index in [1.54, 1.807) is 4.80 Å². The van der Waals surface area contributed by atoms with Crippen LogP contribution in [-0.2, 0) is 10.8 Å². The quantitative estimate of drug-likeness (QED) is 0.632. The van der Waals surface area contributed by atoms with E-state index in [1.165, 1.54) is 11.1 Å². The smallest absolute Gasteiger partial charge is 0.113 e. The number of aromatic nitrogens is 3. The molecule has 0 bridgehead atoms. The van der Waals surface area contributed by atoms with Gasteiger partial charge in [0, 0.05) is 0 Å². The number of rotatable bonds is 1. The monoisotopic (exact) mass is 307 g/mol. The molecule has 1 heterocycles. The number of hydrogen-bond acceptors (Lipinski definition) is 2. The minimum atomic E-state index is 0.0859. The van der Waals surface area contributed by atoms with Crippen LogP contribution in [0.5, 0.6) is 0 Å². The van der Waals surface area contributed by atoms with Gasteiger partial charge in [0.1, 0.15) is 11.0 Å². The van der Waals surface area contributed by atoms with Crippen LogP contribution in [0.25, 0.3) is 16.7 Å². The standard InChI is InChI=1S/C20H25N3/c1-19(2,3)14-11-15(20(4,5)6)13-16(12-14)23-21-17-9-7-8-10-18(17)22-23/h7-13H,1-6H3. The van der Waals surface area contributed by atoms with E-state index in [9.17, 15) is 0 Å². The van der Waals surface area contributed by atoms with Crippen molar-refractivity contribution in [1.29, 1.82) is 0 Å². The van der Waals surface area contributed by atoms with E-state index in [0.717, 1.165) is 16.7 Å². The van der Waals surface area contributed by atoms with Crippen molar-refractivity contribution in [1.82, 2.24) is 15.0 Å². The van der Waals surface area contributed by atoms with Crippen molar-refractivity contribution in [2.45, 2.75) is 52.4 Å². The third-order valence-corrected chi connectivity index (χ3v) is 4.17. The molecular weight excluding hydrogens is 282 g/mol. The summed E-state index contributed by atoms with van der Waals surface area (Å²) in [6.07, 6.45) is 0. The molecule has 0 amide bonds. The van der Waals surface area contributed by atoms with E-state index < -0.39 is 0 Å². The highest BCUT2D eigenvalue weighted by atomic mass is 15.5. The first-order valence-corrected chi connectivity index (χ1v) is 8.13. The van der Waals surface area contributed by atoms with Crippen LogP contribution >= 0.6 is 0 Å². The van der Waals surface area contributed by atoms with Crippen LogP contribution in [0, 0.1) is 0 Å². The lowest BCUT2D eigenvalue weighted by molar-refractivity contribution is 0.566. The summed E-state index contributed by atoms with van der Waals surface area (Å²) in [6, 6.07) is 14.7. The lowest BCUT2D eigenvalue weighted by Gasteiger charge is -2.25. The van der Waals surface area contributed by atoms with Crippen molar-refractivity contribution in [3.05, 3.63) is 53.6 Å². The zero-order valence-electron chi connectivity index (χ0n) is 14.9. The Morgan fingerprint density at radius 3 is 1.52 bits per heavy atom. The average Bonchev–Trinajstić information content (AvgIpc) is 2.89. The summed E-state index contributed by atoms with van der Waals surface area (Å²) in [5.74, 6) is 0. The molecule has 0 aliphatic carbocycles. The molecule has 3 rings (SSSR count). The minimum absolute atomic E-state index is 0.0859. The summed E-state index contributed by atoms with van der Waals surface area (Å²) in [7, 11) is 0. The van der Waals surface area contributed by atoms with Gasteiger partial charge in [0.15, 0.2) is 0 Å². The highest BCUT2D eigenvalue weighted by molar-refractivity contribution is 5.73. The second-order valence-corrected chi connectivity index (χ2v) is 8.25. The SMILES string of the molecule is CC(C)(C)c1cc(-n2nc3ccccc3n2)cc(C(C)(C)C)c1. The number of nitrogens with zero attached hydrogens (tertiary/aromatic N) is 3.